The van der Waals surface area contributed by atoms with E-state index in [1.54, 1.807) is 0 Å². The van der Waals surface area contributed by atoms with E-state index in [4.69, 9.17) is 0 Å². The first-order chi connectivity index (χ1) is 7.79. The Morgan fingerprint density at radius 1 is 1.38 bits per heavy atom. The molecule has 0 aliphatic heterocycles. The molecule has 1 N–H and O–H groups in total. The van der Waals surface area contributed by atoms with Crippen molar-refractivity contribution in [2.24, 2.45) is 7.05 Å². The van der Waals surface area contributed by atoms with Crippen LogP contribution >= 0.6 is 11.3 Å². The van der Waals surface area contributed by atoms with Crippen molar-refractivity contribution in [3.8, 4) is 10.7 Å². The van der Waals surface area contributed by atoms with Crippen molar-refractivity contribution in [1.29, 1.82) is 0 Å². The number of aryl methyl sites for hydroxylation is 2. The molecule has 0 radical (unpaired) electrons. The highest BCUT2D eigenvalue weighted by molar-refractivity contribution is 7.15. The first-order valence-electron chi connectivity index (χ1n) is 5.48. The Labute approximate surface area is 98.3 Å². The van der Waals surface area contributed by atoms with Crippen molar-refractivity contribution in [1.82, 2.24) is 14.8 Å². The molecular weight excluding hydrogens is 220 g/mol. The van der Waals surface area contributed by atoms with E-state index in [-0.39, 0.29) is 0 Å². The van der Waals surface area contributed by atoms with Gasteiger partial charge in [0, 0.05) is 19.0 Å². The maximum atomic E-state index is 4.23. The molecule has 0 unspecified atom stereocenters. The predicted molar refractivity (Wildman–Crippen MR) is 65.9 cm³/mol. The van der Waals surface area contributed by atoms with Crippen molar-refractivity contribution in [2.75, 3.05) is 12.4 Å². The van der Waals surface area contributed by atoms with E-state index in [1.807, 2.05) is 30.0 Å². The van der Waals surface area contributed by atoms with E-state index >= 15 is 0 Å². The number of rotatable bonds is 2. The Hall–Kier alpha value is -1.36. The van der Waals surface area contributed by atoms with Crippen molar-refractivity contribution in [2.45, 2.75) is 19.3 Å². The van der Waals surface area contributed by atoms with Gasteiger partial charge in [-0.3, -0.25) is 4.57 Å². The first kappa shape index (κ1) is 9.84. The van der Waals surface area contributed by atoms with Crippen LogP contribution in [-0.2, 0) is 19.9 Å². The molecule has 0 aromatic carbocycles. The SMILES string of the molecule is CNc1nnc(-c2cc3c(s2)CCC3)n1C. The van der Waals surface area contributed by atoms with E-state index in [0.717, 1.165) is 11.8 Å². The Bertz CT molecular complexity index is 505. The molecule has 0 saturated carbocycles. The van der Waals surface area contributed by atoms with Gasteiger partial charge in [-0.15, -0.1) is 21.5 Å². The van der Waals surface area contributed by atoms with Gasteiger partial charge in [0.05, 0.1) is 4.88 Å². The quantitative estimate of drug-likeness (QED) is 0.865. The van der Waals surface area contributed by atoms with Crippen LogP contribution in [-0.4, -0.2) is 21.8 Å². The first-order valence-corrected chi connectivity index (χ1v) is 6.30. The lowest BCUT2D eigenvalue weighted by Crippen LogP contribution is -1.99. The summed E-state index contributed by atoms with van der Waals surface area (Å²) in [6.07, 6.45) is 3.77. The van der Waals surface area contributed by atoms with Crippen molar-refractivity contribution in [3.05, 3.63) is 16.5 Å². The highest BCUT2D eigenvalue weighted by Gasteiger charge is 2.18. The predicted octanol–water partition coefficient (Wildman–Crippen LogP) is 2.07. The van der Waals surface area contributed by atoms with Gasteiger partial charge >= 0.3 is 0 Å². The van der Waals surface area contributed by atoms with Crippen LogP contribution < -0.4 is 5.32 Å². The molecule has 1 aliphatic carbocycles. The second-order valence-electron chi connectivity index (χ2n) is 4.07. The van der Waals surface area contributed by atoms with Crippen LogP contribution in [0.1, 0.15) is 16.9 Å². The molecule has 5 heteroatoms. The number of fused-ring (bicyclic) bond motifs is 1. The van der Waals surface area contributed by atoms with Crippen LogP contribution in [0, 0.1) is 0 Å². The van der Waals surface area contributed by atoms with Gasteiger partial charge in [-0.25, -0.2) is 0 Å². The zero-order valence-corrected chi connectivity index (χ0v) is 10.3. The second kappa shape index (κ2) is 3.59. The zero-order valence-electron chi connectivity index (χ0n) is 9.45. The average molecular weight is 234 g/mol. The average Bonchev–Trinajstić information content (AvgIpc) is 2.89. The molecule has 2 heterocycles. The molecule has 0 amide bonds. The van der Waals surface area contributed by atoms with E-state index in [2.05, 4.69) is 21.6 Å². The molecular formula is C11H14N4S. The summed E-state index contributed by atoms with van der Waals surface area (Å²) in [4.78, 5) is 2.77. The number of hydrogen-bond donors (Lipinski definition) is 1. The topological polar surface area (TPSA) is 42.7 Å². The van der Waals surface area contributed by atoms with Crippen molar-refractivity contribution >= 4 is 17.3 Å². The Morgan fingerprint density at radius 2 is 2.25 bits per heavy atom. The van der Waals surface area contributed by atoms with Crippen LogP contribution in [0.5, 0.6) is 0 Å². The third-order valence-electron chi connectivity index (χ3n) is 3.07. The highest BCUT2D eigenvalue weighted by atomic mass is 32.1. The minimum absolute atomic E-state index is 0.809. The number of nitrogens with zero attached hydrogens (tertiary/aromatic N) is 3. The van der Waals surface area contributed by atoms with Gasteiger partial charge in [-0.1, -0.05) is 0 Å². The molecule has 4 nitrogen and oxygen atoms in total. The van der Waals surface area contributed by atoms with Crippen molar-refractivity contribution in [3.63, 3.8) is 0 Å². The maximum absolute atomic E-state index is 4.23. The van der Waals surface area contributed by atoms with E-state index in [0.29, 0.717) is 0 Å². The molecule has 84 valence electrons. The standard InChI is InChI=1S/C11H14N4S/c1-12-11-14-13-10(15(11)2)9-6-7-4-3-5-8(7)16-9/h6H,3-5H2,1-2H3,(H,12,14). The third kappa shape index (κ3) is 1.35. The largest absolute Gasteiger partial charge is 0.357 e. The zero-order chi connectivity index (χ0) is 11.1. The molecule has 2 aromatic heterocycles. The molecule has 0 bridgehead atoms. The highest BCUT2D eigenvalue weighted by Crippen LogP contribution is 2.35. The Kier molecular flexibility index (Phi) is 2.21. The van der Waals surface area contributed by atoms with Gasteiger partial charge in [0.15, 0.2) is 5.82 Å². The maximum Gasteiger partial charge on any atom is 0.224 e. The second-order valence-corrected chi connectivity index (χ2v) is 5.21. The Morgan fingerprint density at radius 3 is 2.94 bits per heavy atom. The van der Waals surface area contributed by atoms with Gasteiger partial charge in [0.2, 0.25) is 5.95 Å². The summed E-state index contributed by atoms with van der Waals surface area (Å²) in [6.45, 7) is 0. The number of aromatic nitrogens is 3. The van der Waals surface area contributed by atoms with Crippen LogP contribution in [0.2, 0.25) is 0 Å². The van der Waals surface area contributed by atoms with Crippen LogP contribution in [0.3, 0.4) is 0 Å². The molecule has 0 atom stereocenters. The van der Waals surface area contributed by atoms with E-state index in [1.165, 1.54) is 34.6 Å². The molecule has 3 rings (SSSR count). The lowest BCUT2D eigenvalue weighted by molar-refractivity contribution is 0.912. The molecule has 0 saturated heterocycles. The molecule has 2 aromatic rings. The minimum Gasteiger partial charge on any atom is -0.357 e. The lowest BCUT2D eigenvalue weighted by Gasteiger charge is -2.00. The Balaban J connectivity index is 2.05. The summed E-state index contributed by atoms with van der Waals surface area (Å²) in [7, 11) is 3.86. The summed E-state index contributed by atoms with van der Waals surface area (Å²) in [5, 5.41) is 11.4. The van der Waals surface area contributed by atoms with Gasteiger partial charge in [0.1, 0.15) is 0 Å². The summed E-state index contributed by atoms with van der Waals surface area (Å²) in [5.41, 5.74) is 1.51. The normalized spacial score (nSPS) is 14.1. The summed E-state index contributed by atoms with van der Waals surface area (Å²) in [5.74, 6) is 1.77. The molecule has 16 heavy (non-hydrogen) atoms. The molecule has 0 fully saturated rings. The summed E-state index contributed by atoms with van der Waals surface area (Å²) < 4.78 is 2.00. The number of thiophene rings is 1. The minimum atomic E-state index is 0.809. The molecule has 0 spiro atoms. The molecule has 1 aliphatic rings. The van der Waals surface area contributed by atoms with E-state index < -0.39 is 0 Å². The lowest BCUT2D eigenvalue weighted by atomic mass is 10.2. The van der Waals surface area contributed by atoms with Crippen LogP contribution in [0.15, 0.2) is 6.07 Å². The van der Waals surface area contributed by atoms with Crippen LogP contribution in [0.4, 0.5) is 5.95 Å². The number of hydrogen-bond acceptors (Lipinski definition) is 4. The fraction of sp³-hybridized carbons (Fsp3) is 0.455. The van der Waals surface area contributed by atoms with Crippen LogP contribution in [0.25, 0.3) is 10.7 Å². The summed E-state index contributed by atoms with van der Waals surface area (Å²) >= 11 is 1.86. The van der Waals surface area contributed by atoms with Crippen molar-refractivity contribution < 1.29 is 0 Å². The monoisotopic (exact) mass is 234 g/mol. The van der Waals surface area contributed by atoms with Gasteiger partial charge in [0.25, 0.3) is 0 Å². The fourth-order valence-electron chi connectivity index (χ4n) is 2.20. The summed E-state index contributed by atoms with van der Waals surface area (Å²) in [6, 6.07) is 2.27. The number of anilines is 1. The smallest absolute Gasteiger partial charge is 0.224 e. The van der Waals surface area contributed by atoms with Gasteiger partial charge in [-0.05, 0) is 30.9 Å². The fourth-order valence-corrected chi connectivity index (χ4v) is 3.47. The van der Waals surface area contributed by atoms with Gasteiger partial charge in [-0.2, -0.15) is 0 Å². The van der Waals surface area contributed by atoms with Gasteiger partial charge < -0.3 is 5.32 Å². The van der Waals surface area contributed by atoms with E-state index in [9.17, 15) is 0 Å². The third-order valence-corrected chi connectivity index (χ3v) is 4.30. The number of nitrogens with one attached hydrogen (secondary N) is 1.